The van der Waals surface area contributed by atoms with E-state index >= 15 is 0 Å². The van der Waals surface area contributed by atoms with Crippen molar-refractivity contribution in [3.8, 4) is 0 Å². The predicted molar refractivity (Wildman–Crippen MR) is 40.9 cm³/mol. The minimum atomic E-state index is -0.476. The highest BCUT2D eigenvalue weighted by molar-refractivity contribution is 5.80. The first-order valence-corrected chi connectivity index (χ1v) is 3.53. The third-order valence-electron chi connectivity index (χ3n) is 1.65. The summed E-state index contributed by atoms with van der Waals surface area (Å²) in [5.41, 5.74) is 0. The van der Waals surface area contributed by atoms with Crippen molar-refractivity contribution in [3.05, 3.63) is 0 Å². The molecular weight excluding hydrogens is 160 g/mol. The molecule has 0 aromatic rings. The van der Waals surface area contributed by atoms with E-state index in [0.717, 1.165) is 0 Å². The highest BCUT2D eigenvalue weighted by Gasteiger charge is 2.15. The number of amides is 4. The Kier molecular flexibility index (Phi) is 2.37. The first kappa shape index (κ1) is 8.63. The quantitative estimate of drug-likeness (QED) is 0.533. The maximum atomic E-state index is 10.9. The van der Waals surface area contributed by atoms with E-state index in [4.69, 9.17) is 0 Å². The molecule has 0 aromatic carbocycles. The Balaban J connectivity index is 2.76. The standard InChI is InChI=1S/C6H10N4O2/c1-9-3-4-10(2)6(12)8-7-5(9)11/h3-4H2,1-2H3/b8-7-. The van der Waals surface area contributed by atoms with Gasteiger partial charge in [0.2, 0.25) is 0 Å². The summed E-state index contributed by atoms with van der Waals surface area (Å²) in [4.78, 5) is 24.6. The number of carbonyl (C=O) groups excluding carboxylic acids is 2. The van der Waals surface area contributed by atoms with Gasteiger partial charge in [0.05, 0.1) is 0 Å². The Labute approximate surface area is 69.8 Å². The van der Waals surface area contributed by atoms with Crippen LogP contribution >= 0.6 is 0 Å². The van der Waals surface area contributed by atoms with Crippen LogP contribution in [0.3, 0.4) is 0 Å². The summed E-state index contributed by atoms with van der Waals surface area (Å²) >= 11 is 0. The van der Waals surface area contributed by atoms with Crippen molar-refractivity contribution in [2.24, 2.45) is 10.2 Å². The molecule has 6 nitrogen and oxygen atoms in total. The topological polar surface area (TPSA) is 65.3 Å². The molecule has 1 aliphatic rings. The van der Waals surface area contributed by atoms with Crippen molar-refractivity contribution >= 4 is 12.1 Å². The summed E-state index contributed by atoms with van der Waals surface area (Å²) in [6.45, 7) is 0.972. The summed E-state index contributed by atoms with van der Waals surface area (Å²) < 4.78 is 0. The van der Waals surface area contributed by atoms with E-state index in [9.17, 15) is 9.59 Å². The first-order valence-electron chi connectivity index (χ1n) is 3.53. The smallest absolute Gasteiger partial charge is 0.323 e. The molecular formula is C6H10N4O2. The second-order valence-electron chi connectivity index (χ2n) is 2.61. The molecule has 0 unspecified atom stereocenters. The molecule has 0 aliphatic carbocycles. The third kappa shape index (κ3) is 1.77. The molecule has 0 fully saturated rings. The minimum absolute atomic E-state index is 0.476. The van der Waals surface area contributed by atoms with Gasteiger partial charge >= 0.3 is 12.1 Å². The number of carbonyl (C=O) groups is 2. The number of hydrogen-bond acceptors (Lipinski definition) is 2. The van der Waals surface area contributed by atoms with Crippen molar-refractivity contribution in [2.75, 3.05) is 27.2 Å². The Morgan fingerprint density at radius 2 is 1.33 bits per heavy atom. The lowest BCUT2D eigenvalue weighted by Crippen LogP contribution is -2.37. The van der Waals surface area contributed by atoms with Gasteiger partial charge in [-0.25, -0.2) is 9.59 Å². The highest BCUT2D eigenvalue weighted by Crippen LogP contribution is 1.99. The molecule has 0 saturated carbocycles. The lowest BCUT2D eigenvalue weighted by Gasteiger charge is -2.20. The van der Waals surface area contributed by atoms with Crippen LogP contribution in [-0.2, 0) is 0 Å². The second-order valence-corrected chi connectivity index (χ2v) is 2.61. The van der Waals surface area contributed by atoms with Crippen molar-refractivity contribution in [1.29, 1.82) is 0 Å². The zero-order valence-corrected chi connectivity index (χ0v) is 7.02. The van der Waals surface area contributed by atoms with Crippen LogP contribution in [0.4, 0.5) is 9.59 Å². The number of likely N-dealkylation sites (N-methyl/N-ethyl adjacent to an activating group) is 2. The second kappa shape index (κ2) is 3.29. The number of rotatable bonds is 0. The molecule has 0 saturated heterocycles. The van der Waals surface area contributed by atoms with Gasteiger partial charge in [-0.15, -0.1) is 0 Å². The summed E-state index contributed by atoms with van der Waals surface area (Å²) in [6, 6.07) is -0.951. The fourth-order valence-electron chi connectivity index (χ4n) is 0.730. The minimum Gasteiger partial charge on any atom is -0.323 e. The number of hydrogen-bond donors (Lipinski definition) is 0. The van der Waals surface area contributed by atoms with Crippen molar-refractivity contribution < 1.29 is 9.59 Å². The Morgan fingerprint density at radius 1 is 1.00 bits per heavy atom. The Bertz CT molecular complexity index is 214. The van der Waals surface area contributed by atoms with E-state index in [1.165, 1.54) is 9.80 Å². The Morgan fingerprint density at radius 3 is 1.67 bits per heavy atom. The van der Waals surface area contributed by atoms with Gasteiger partial charge in [0.15, 0.2) is 0 Å². The number of urea groups is 2. The SMILES string of the molecule is CN1CCN(C)C(=O)/N=N\C1=O. The van der Waals surface area contributed by atoms with Crippen LogP contribution in [-0.4, -0.2) is 49.0 Å². The van der Waals surface area contributed by atoms with Gasteiger partial charge in [-0.1, -0.05) is 10.2 Å². The summed E-state index contributed by atoms with van der Waals surface area (Å²) in [5, 5.41) is 6.43. The lowest BCUT2D eigenvalue weighted by molar-refractivity contribution is 0.192. The van der Waals surface area contributed by atoms with Gasteiger partial charge < -0.3 is 9.80 Å². The van der Waals surface area contributed by atoms with Gasteiger partial charge in [-0.3, -0.25) is 0 Å². The maximum absolute atomic E-state index is 10.9. The largest absolute Gasteiger partial charge is 0.362 e. The average Bonchev–Trinajstić information content (AvgIpc) is 2.07. The fourth-order valence-corrected chi connectivity index (χ4v) is 0.730. The summed E-state index contributed by atoms with van der Waals surface area (Å²) in [7, 11) is 3.23. The summed E-state index contributed by atoms with van der Waals surface area (Å²) in [5.74, 6) is 0. The van der Waals surface area contributed by atoms with Gasteiger partial charge in [0, 0.05) is 27.2 Å². The molecule has 0 bridgehead atoms. The highest BCUT2D eigenvalue weighted by atomic mass is 16.2. The van der Waals surface area contributed by atoms with Gasteiger partial charge in [-0.2, -0.15) is 0 Å². The normalized spacial score (nSPS) is 22.2. The average molecular weight is 170 g/mol. The van der Waals surface area contributed by atoms with E-state index in [1.807, 2.05) is 0 Å². The zero-order valence-electron chi connectivity index (χ0n) is 7.02. The van der Waals surface area contributed by atoms with E-state index in [0.29, 0.717) is 13.1 Å². The van der Waals surface area contributed by atoms with Crippen LogP contribution in [0.5, 0.6) is 0 Å². The molecule has 1 rings (SSSR count). The van der Waals surface area contributed by atoms with Crippen molar-refractivity contribution in [3.63, 3.8) is 0 Å². The molecule has 1 aliphatic heterocycles. The third-order valence-corrected chi connectivity index (χ3v) is 1.65. The predicted octanol–water partition coefficient (Wildman–Crippen LogP) is 0.556. The van der Waals surface area contributed by atoms with E-state index in [-0.39, 0.29) is 0 Å². The molecule has 6 heteroatoms. The van der Waals surface area contributed by atoms with Gasteiger partial charge in [-0.05, 0) is 0 Å². The lowest BCUT2D eigenvalue weighted by atomic mass is 10.5. The molecule has 0 radical (unpaired) electrons. The fraction of sp³-hybridized carbons (Fsp3) is 0.667. The maximum Gasteiger partial charge on any atom is 0.362 e. The van der Waals surface area contributed by atoms with Crippen LogP contribution in [0.25, 0.3) is 0 Å². The molecule has 66 valence electrons. The van der Waals surface area contributed by atoms with E-state index in [2.05, 4.69) is 10.2 Å². The summed E-state index contributed by atoms with van der Waals surface area (Å²) in [6.07, 6.45) is 0. The monoisotopic (exact) mass is 170 g/mol. The van der Waals surface area contributed by atoms with E-state index in [1.54, 1.807) is 14.1 Å². The van der Waals surface area contributed by atoms with Crippen LogP contribution in [0, 0.1) is 0 Å². The number of azo groups is 1. The molecule has 0 aromatic heterocycles. The van der Waals surface area contributed by atoms with Crippen LogP contribution < -0.4 is 0 Å². The van der Waals surface area contributed by atoms with Crippen molar-refractivity contribution in [1.82, 2.24) is 9.80 Å². The molecule has 0 atom stereocenters. The van der Waals surface area contributed by atoms with Crippen LogP contribution in [0.1, 0.15) is 0 Å². The number of nitrogens with zero attached hydrogens (tertiary/aromatic N) is 4. The molecule has 0 spiro atoms. The zero-order chi connectivity index (χ0) is 9.14. The molecule has 1 heterocycles. The van der Waals surface area contributed by atoms with Gasteiger partial charge in [0.25, 0.3) is 0 Å². The van der Waals surface area contributed by atoms with Gasteiger partial charge in [0.1, 0.15) is 0 Å². The molecule has 12 heavy (non-hydrogen) atoms. The van der Waals surface area contributed by atoms with Crippen LogP contribution in [0.2, 0.25) is 0 Å². The van der Waals surface area contributed by atoms with Crippen LogP contribution in [0.15, 0.2) is 10.2 Å². The van der Waals surface area contributed by atoms with E-state index < -0.39 is 12.1 Å². The Hall–Kier alpha value is -1.46. The molecule has 4 amide bonds. The van der Waals surface area contributed by atoms with Crippen molar-refractivity contribution in [2.45, 2.75) is 0 Å². The molecule has 0 N–H and O–H groups in total. The first-order chi connectivity index (χ1) is 5.61.